The number of nitrogens with zero attached hydrogens (tertiary/aromatic N) is 2. The van der Waals surface area contributed by atoms with Crippen LogP contribution in [-0.4, -0.2) is 14.9 Å². The molecule has 4 nitrogen and oxygen atoms in total. The van der Waals surface area contributed by atoms with E-state index in [1.165, 1.54) is 0 Å². The summed E-state index contributed by atoms with van der Waals surface area (Å²) >= 11 is 0. The first-order valence-corrected chi connectivity index (χ1v) is 5.21. The largest absolute Gasteiger partial charge is 0.508 e. The molecule has 4 heteroatoms. The van der Waals surface area contributed by atoms with Gasteiger partial charge in [-0.15, -0.1) is 0 Å². The number of para-hydroxylation sites is 1. The van der Waals surface area contributed by atoms with Gasteiger partial charge in [-0.1, -0.05) is 18.2 Å². The number of anilines is 1. The summed E-state index contributed by atoms with van der Waals surface area (Å²) in [5, 5.41) is 17.1. The third-order valence-corrected chi connectivity index (χ3v) is 2.59. The molecular weight excluding hydrogens is 202 g/mol. The Hall–Kier alpha value is -1.97. The zero-order chi connectivity index (χ0) is 11.5. The topological polar surface area (TPSA) is 50.1 Å². The lowest BCUT2D eigenvalue weighted by molar-refractivity contribution is 0.465. The van der Waals surface area contributed by atoms with E-state index in [4.69, 9.17) is 0 Å². The minimum atomic E-state index is 0.0385. The lowest BCUT2D eigenvalue weighted by Gasteiger charge is -2.16. The molecule has 1 heterocycles. The lowest BCUT2D eigenvalue weighted by Crippen LogP contribution is -2.10. The van der Waals surface area contributed by atoms with Crippen LogP contribution in [0.3, 0.4) is 0 Å². The SMILES string of the molecule is CC(Nc1ccnn1C)c1ccccc1O. The molecule has 2 rings (SSSR count). The molecule has 2 aromatic rings. The van der Waals surface area contributed by atoms with E-state index in [2.05, 4.69) is 10.4 Å². The normalized spacial score (nSPS) is 12.4. The van der Waals surface area contributed by atoms with Crippen LogP contribution in [0.25, 0.3) is 0 Å². The molecule has 0 saturated heterocycles. The summed E-state index contributed by atoms with van der Waals surface area (Å²) in [4.78, 5) is 0. The van der Waals surface area contributed by atoms with Crippen molar-refractivity contribution in [2.45, 2.75) is 13.0 Å². The number of rotatable bonds is 3. The van der Waals surface area contributed by atoms with Crippen molar-refractivity contribution in [3.8, 4) is 5.75 Å². The second-order valence-corrected chi connectivity index (χ2v) is 3.76. The second kappa shape index (κ2) is 4.26. The Morgan fingerprint density at radius 1 is 1.31 bits per heavy atom. The molecule has 0 radical (unpaired) electrons. The maximum absolute atomic E-state index is 9.72. The van der Waals surface area contributed by atoms with Gasteiger partial charge in [0.05, 0.1) is 12.2 Å². The van der Waals surface area contributed by atoms with Gasteiger partial charge in [0.2, 0.25) is 0 Å². The number of benzene rings is 1. The van der Waals surface area contributed by atoms with Crippen molar-refractivity contribution in [1.29, 1.82) is 0 Å². The van der Waals surface area contributed by atoms with E-state index in [0.717, 1.165) is 11.4 Å². The van der Waals surface area contributed by atoms with E-state index in [0.29, 0.717) is 5.75 Å². The molecule has 0 saturated carbocycles. The van der Waals surface area contributed by atoms with Crippen molar-refractivity contribution in [3.05, 3.63) is 42.1 Å². The highest BCUT2D eigenvalue weighted by molar-refractivity contribution is 5.42. The van der Waals surface area contributed by atoms with Crippen molar-refractivity contribution in [2.75, 3.05) is 5.32 Å². The molecule has 0 aliphatic heterocycles. The first-order valence-electron chi connectivity index (χ1n) is 5.21. The van der Waals surface area contributed by atoms with Crippen molar-refractivity contribution in [3.63, 3.8) is 0 Å². The van der Waals surface area contributed by atoms with E-state index < -0.39 is 0 Å². The first kappa shape index (κ1) is 10.5. The number of hydrogen-bond acceptors (Lipinski definition) is 3. The smallest absolute Gasteiger partial charge is 0.124 e. The Labute approximate surface area is 94.5 Å². The van der Waals surface area contributed by atoms with Crippen LogP contribution in [0.2, 0.25) is 0 Å². The van der Waals surface area contributed by atoms with Gasteiger partial charge in [0.25, 0.3) is 0 Å². The third kappa shape index (κ3) is 2.00. The molecular formula is C12H15N3O. The zero-order valence-corrected chi connectivity index (χ0v) is 9.38. The van der Waals surface area contributed by atoms with Gasteiger partial charge in [-0.25, -0.2) is 0 Å². The highest BCUT2D eigenvalue weighted by atomic mass is 16.3. The van der Waals surface area contributed by atoms with E-state index in [9.17, 15) is 5.11 Å². The Morgan fingerprint density at radius 2 is 2.06 bits per heavy atom. The monoisotopic (exact) mass is 217 g/mol. The van der Waals surface area contributed by atoms with E-state index >= 15 is 0 Å². The number of aryl methyl sites for hydroxylation is 1. The Kier molecular flexibility index (Phi) is 2.81. The third-order valence-electron chi connectivity index (χ3n) is 2.59. The standard InChI is InChI=1S/C12H15N3O/c1-9(10-5-3-4-6-11(10)16)14-12-7-8-13-15(12)2/h3-9,14,16H,1-2H3. The van der Waals surface area contributed by atoms with Crippen LogP contribution in [0.4, 0.5) is 5.82 Å². The quantitative estimate of drug-likeness (QED) is 0.829. The Balaban J connectivity index is 2.18. The van der Waals surface area contributed by atoms with Gasteiger partial charge in [0.15, 0.2) is 0 Å². The molecule has 1 aromatic heterocycles. The minimum Gasteiger partial charge on any atom is -0.508 e. The van der Waals surface area contributed by atoms with Gasteiger partial charge in [0.1, 0.15) is 11.6 Å². The molecule has 0 aliphatic rings. The number of aromatic hydroxyl groups is 1. The molecule has 84 valence electrons. The van der Waals surface area contributed by atoms with Crippen molar-refractivity contribution < 1.29 is 5.11 Å². The summed E-state index contributed by atoms with van der Waals surface area (Å²) in [5.41, 5.74) is 0.878. The first-order chi connectivity index (χ1) is 7.68. The molecule has 16 heavy (non-hydrogen) atoms. The molecule has 0 fully saturated rings. The van der Waals surface area contributed by atoms with Crippen LogP contribution < -0.4 is 5.32 Å². The van der Waals surface area contributed by atoms with Gasteiger partial charge in [-0.2, -0.15) is 5.10 Å². The predicted molar refractivity (Wildman–Crippen MR) is 63.4 cm³/mol. The van der Waals surface area contributed by atoms with Crippen molar-refractivity contribution >= 4 is 5.82 Å². The average molecular weight is 217 g/mol. The molecule has 1 unspecified atom stereocenters. The van der Waals surface area contributed by atoms with E-state index in [1.807, 2.05) is 38.2 Å². The minimum absolute atomic E-state index is 0.0385. The highest BCUT2D eigenvalue weighted by Gasteiger charge is 2.10. The summed E-state index contributed by atoms with van der Waals surface area (Å²) in [7, 11) is 1.87. The number of hydrogen-bond donors (Lipinski definition) is 2. The summed E-state index contributed by atoms with van der Waals surface area (Å²) < 4.78 is 1.76. The van der Waals surface area contributed by atoms with Crippen LogP contribution in [0.5, 0.6) is 5.75 Å². The molecule has 0 spiro atoms. The summed E-state index contributed by atoms with van der Waals surface area (Å²) in [5.74, 6) is 1.24. The summed E-state index contributed by atoms with van der Waals surface area (Å²) in [6.45, 7) is 2.00. The van der Waals surface area contributed by atoms with E-state index in [1.54, 1.807) is 16.9 Å². The molecule has 2 N–H and O–H groups in total. The summed E-state index contributed by atoms with van der Waals surface area (Å²) in [6.07, 6.45) is 1.74. The maximum Gasteiger partial charge on any atom is 0.124 e. The fourth-order valence-corrected chi connectivity index (χ4v) is 1.67. The summed E-state index contributed by atoms with van der Waals surface area (Å²) in [6, 6.07) is 9.26. The van der Waals surface area contributed by atoms with Crippen LogP contribution in [0, 0.1) is 0 Å². The average Bonchev–Trinajstić information content (AvgIpc) is 2.65. The molecule has 0 aliphatic carbocycles. The highest BCUT2D eigenvalue weighted by Crippen LogP contribution is 2.25. The van der Waals surface area contributed by atoms with Crippen LogP contribution in [-0.2, 0) is 7.05 Å². The number of nitrogens with one attached hydrogen (secondary N) is 1. The van der Waals surface area contributed by atoms with Gasteiger partial charge >= 0.3 is 0 Å². The fraction of sp³-hybridized carbons (Fsp3) is 0.250. The zero-order valence-electron chi connectivity index (χ0n) is 9.38. The van der Waals surface area contributed by atoms with Gasteiger partial charge in [-0.3, -0.25) is 4.68 Å². The predicted octanol–water partition coefficient (Wildman–Crippen LogP) is 2.30. The fourth-order valence-electron chi connectivity index (χ4n) is 1.67. The Bertz CT molecular complexity index is 479. The number of phenolic OH excluding ortho intramolecular Hbond substituents is 1. The van der Waals surface area contributed by atoms with Gasteiger partial charge in [-0.05, 0) is 13.0 Å². The van der Waals surface area contributed by atoms with Crippen LogP contribution in [0.15, 0.2) is 36.5 Å². The number of phenols is 1. The Morgan fingerprint density at radius 3 is 2.69 bits per heavy atom. The van der Waals surface area contributed by atoms with E-state index in [-0.39, 0.29) is 6.04 Å². The van der Waals surface area contributed by atoms with Crippen LogP contribution in [0.1, 0.15) is 18.5 Å². The lowest BCUT2D eigenvalue weighted by atomic mass is 10.1. The second-order valence-electron chi connectivity index (χ2n) is 3.76. The number of aromatic nitrogens is 2. The van der Waals surface area contributed by atoms with Gasteiger partial charge in [0, 0.05) is 18.7 Å². The van der Waals surface area contributed by atoms with Crippen molar-refractivity contribution in [1.82, 2.24) is 9.78 Å². The molecule has 1 atom stereocenters. The van der Waals surface area contributed by atoms with Gasteiger partial charge < -0.3 is 10.4 Å². The van der Waals surface area contributed by atoms with Crippen LogP contribution >= 0.6 is 0 Å². The molecule has 0 bridgehead atoms. The molecule has 0 amide bonds. The molecule has 1 aromatic carbocycles. The van der Waals surface area contributed by atoms with Crippen molar-refractivity contribution in [2.24, 2.45) is 7.05 Å². The maximum atomic E-state index is 9.72.